The van der Waals surface area contributed by atoms with E-state index in [9.17, 15) is 9.59 Å². The third-order valence-electron chi connectivity index (χ3n) is 5.88. The van der Waals surface area contributed by atoms with Gasteiger partial charge < -0.3 is 20.3 Å². The first-order valence-electron chi connectivity index (χ1n) is 11.1. The Hall–Kier alpha value is -2.68. The van der Waals surface area contributed by atoms with E-state index in [0.29, 0.717) is 17.8 Å². The highest BCUT2D eigenvalue weighted by atomic mass is 32.1. The number of benzene rings is 1. The minimum Gasteiger partial charge on any atom is -0.463 e. The number of esters is 1. The summed E-state index contributed by atoms with van der Waals surface area (Å²) in [5.41, 5.74) is 1.98. The molecule has 1 aromatic carbocycles. The fourth-order valence-corrected chi connectivity index (χ4v) is 4.90. The molecule has 0 bridgehead atoms. The van der Waals surface area contributed by atoms with Crippen LogP contribution in [0.1, 0.15) is 23.4 Å². The van der Waals surface area contributed by atoms with Crippen LogP contribution in [0.25, 0.3) is 0 Å². The Kier molecular flexibility index (Phi) is 7.57. The number of urea groups is 1. The van der Waals surface area contributed by atoms with E-state index in [2.05, 4.69) is 37.9 Å². The van der Waals surface area contributed by atoms with Crippen LogP contribution in [0, 0.1) is 0 Å². The number of nitrogens with one attached hydrogen (secondary N) is 2. The molecule has 1 unspecified atom stereocenters. The number of ether oxygens (including phenoxy) is 1. The summed E-state index contributed by atoms with van der Waals surface area (Å²) in [4.78, 5) is 31.5. The highest BCUT2D eigenvalue weighted by Gasteiger charge is 2.34. The van der Waals surface area contributed by atoms with Crippen molar-refractivity contribution in [2.24, 2.45) is 0 Å². The number of piperazine rings is 1. The van der Waals surface area contributed by atoms with Crippen LogP contribution >= 0.6 is 11.3 Å². The van der Waals surface area contributed by atoms with Gasteiger partial charge in [0.25, 0.3) is 0 Å². The van der Waals surface area contributed by atoms with E-state index in [0.717, 1.165) is 44.7 Å². The molecule has 0 radical (unpaired) electrons. The molecule has 1 aromatic heterocycles. The van der Waals surface area contributed by atoms with Gasteiger partial charge in [-0.15, -0.1) is 11.3 Å². The van der Waals surface area contributed by atoms with Crippen LogP contribution in [0.5, 0.6) is 0 Å². The van der Waals surface area contributed by atoms with Crippen molar-refractivity contribution in [1.82, 2.24) is 20.4 Å². The van der Waals surface area contributed by atoms with Crippen LogP contribution in [0.15, 0.2) is 59.1 Å². The third kappa shape index (κ3) is 5.56. The van der Waals surface area contributed by atoms with Gasteiger partial charge >= 0.3 is 12.0 Å². The van der Waals surface area contributed by atoms with Crippen LogP contribution in [-0.2, 0) is 16.0 Å². The largest absolute Gasteiger partial charge is 0.463 e. The second-order valence-electron chi connectivity index (χ2n) is 8.00. The molecule has 2 aliphatic rings. The molecule has 2 aromatic rings. The molecule has 170 valence electrons. The van der Waals surface area contributed by atoms with E-state index in [1.807, 2.05) is 41.7 Å². The number of nitrogens with zero attached hydrogens (tertiary/aromatic N) is 2. The van der Waals surface area contributed by atoms with E-state index in [-0.39, 0.29) is 12.6 Å². The number of rotatable bonds is 8. The van der Waals surface area contributed by atoms with Gasteiger partial charge in [0.2, 0.25) is 0 Å². The van der Waals surface area contributed by atoms with Crippen molar-refractivity contribution < 1.29 is 14.3 Å². The molecule has 7 nitrogen and oxygen atoms in total. The van der Waals surface area contributed by atoms with Gasteiger partial charge in [-0.05, 0) is 30.4 Å². The highest BCUT2D eigenvalue weighted by molar-refractivity contribution is 7.09. The van der Waals surface area contributed by atoms with Gasteiger partial charge in [-0.25, -0.2) is 9.59 Å². The summed E-state index contributed by atoms with van der Waals surface area (Å²) in [5, 5.41) is 7.90. The molecule has 0 spiro atoms. The van der Waals surface area contributed by atoms with Crippen molar-refractivity contribution in [2.45, 2.75) is 19.4 Å². The van der Waals surface area contributed by atoms with Gasteiger partial charge in [-0.3, -0.25) is 4.90 Å². The van der Waals surface area contributed by atoms with Crippen LogP contribution in [0.4, 0.5) is 4.79 Å². The lowest BCUT2D eigenvalue weighted by Crippen LogP contribution is -2.52. The lowest BCUT2D eigenvalue weighted by molar-refractivity contribution is -0.139. The van der Waals surface area contributed by atoms with E-state index in [4.69, 9.17) is 4.74 Å². The Balaban J connectivity index is 1.45. The van der Waals surface area contributed by atoms with E-state index < -0.39 is 12.0 Å². The lowest BCUT2D eigenvalue weighted by Gasteiger charge is -2.37. The van der Waals surface area contributed by atoms with Crippen LogP contribution < -0.4 is 10.6 Å². The normalized spacial score (nSPS) is 20.0. The van der Waals surface area contributed by atoms with Crippen LogP contribution in [-0.4, -0.2) is 67.7 Å². The minimum atomic E-state index is -0.522. The SMILES string of the molecule is CCOC(=O)C1=C(CN2CCN(CCc3cccs3)CC2)NC(=O)NC1c1ccccc1. The summed E-state index contributed by atoms with van der Waals surface area (Å²) in [7, 11) is 0. The van der Waals surface area contributed by atoms with Gasteiger partial charge in [-0.1, -0.05) is 36.4 Å². The Morgan fingerprint density at radius 3 is 2.53 bits per heavy atom. The minimum absolute atomic E-state index is 0.286. The first kappa shape index (κ1) is 22.5. The molecule has 8 heteroatoms. The Morgan fingerprint density at radius 1 is 1.09 bits per heavy atom. The summed E-state index contributed by atoms with van der Waals surface area (Å²) in [6.45, 7) is 7.38. The van der Waals surface area contributed by atoms with Gasteiger partial charge in [0.05, 0.1) is 18.2 Å². The first-order valence-corrected chi connectivity index (χ1v) is 12.0. The number of hydrogen-bond acceptors (Lipinski definition) is 6. The highest BCUT2D eigenvalue weighted by Crippen LogP contribution is 2.28. The summed E-state index contributed by atoms with van der Waals surface area (Å²) >= 11 is 1.81. The van der Waals surface area contributed by atoms with Gasteiger partial charge in [0, 0.05) is 49.8 Å². The number of hydrogen-bond donors (Lipinski definition) is 2. The number of carbonyl (C=O) groups excluding carboxylic acids is 2. The number of amides is 2. The molecule has 3 heterocycles. The van der Waals surface area contributed by atoms with Crippen molar-refractivity contribution in [3.63, 3.8) is 0 Å². The molecular formula is C24H30N4O3S. The Morgan fingerprint density at radius 2 is 1.84 bits per heavy atom. The molecule has 4 rings (SSSR count). The molecule has 0 saturated carbocycles. The molecule has 1 saturated heterocycles. The zero-order chi connectivity index (χ0) is 22.3. The van der Waals surface area contributed by atoms with Crippen molar-refractivity contribution in [1.29, 1.82) is 0 Å². The van der Waals surface area contributed by atoms with Gasteiger partial charge in [0.15, 0.2) is 0 Å². The summed E-state index contributed by atoms with van der Waals surface area (Å²) < 4.78 is 5.36. The van der Waals surface area contributed by atoms with Crippen molar-refractivity contribution in [3.8, 4) is 0 Å². The molecule has 2 aliphatic heterocycles. The molecular weight excluding hydrogens is 424 g/mol. The topological polar surface area (TPSA) is 73.9 Å². The van der Waals surface area contributed by atoms with Crippen molar-refractivity contribution in [2.75, 3.05) is 45.9 Å². The molecule has 2 amide bonds. The molecule has 2 N–H and O–H groups in total. The smallest absolute Gasteiger partial charge is 0.338 e. The van der Waals surface area contributed by atoms with Crippen LogP contribution in [0.3, 0.4) is 0 Å². The maximum absolute atomic E-state index is 12.9. The molecule has 0 aliphatic carbocycles. The second-order valence-corrected chi connectivity index (χ2v) is 9.03. The predicted octanol–water partition coefficient (Wildman–Crippen LogP) is 2.78. The third-order valence-corrected chi connectivity index (χ3v) is 6.82. The average molecular weight is 455 g/mol. The second kappa shape index (κ2) is 10.8. The van der Waals surface area contributed by atoms with E-state index in [1.54, 1.807) is 6.92 Å². The van der Waals surface area contributed by atoms with E-state index >= 15 is 0 Å². The lowest BCUT2D eigenvalue weighted by atomic mass is 9.95. The summed E-state index contributed by atoms with van der Waals surface area (Å²) in [5.74, 6) is -0.390. The zero-order valence-electron chi connectivity index (χ0n) is 18.4. The monoisotopic (exact) mass is 454 g/mol. The van der Waals surface area contributed by atoms with Gasteiger partial charge in [-0.2, -0.15) is 0 Å². The number of carbonyl (C=O) groups is 2. The average Bonchev–Trinajstić information content (AvgIpc) is 3.33. The standard InChI is InChI=1S/C24H30N4O3S/c1-2-31-23(29)21-20(25-24(30)26-22(21)18-7-4-3-5-8-18)17-28-14-12-27(13-15-28)11-10-19-9-6-16-32-19/h3-9,16,22H,2,10-15,17H2,1H3,(H2,25,26,30). The summed E-state index contributed by atoms with van der Waals surface area (Å²) in [6.07, 6.45) is 1.08. The maximum Gasteiger partial charge on any atom is 0.338 e. The van der Waals surface area contributed by atoms with Gasteiger partial charge in [0.1, 0.15) is 0 Å². The van der Waals surface area contributed by atoms with Crippen molar-refractivity contribution in [3.05, 3.63) is 69.6 Å². The summed E-state index contributed by atoms with van der Waals surface area (Å²) in [6, 6.07) is 13.0. The quantitative estimate of drug-likeness (QED) is 0.600. The number of thiophene rings is 1. The van der Waals surface area contributed by atoms with Crippen LogP contribution in [0.2, 0.25) is 0 Å². The Labute approximate surface area is 193 Å². The predicted molar refractivity (Wildman–Crippen MR) is 125 cm³/mol. The maximum atomic E-state index is 12.9. The molecule has 32 heavy (non-hydrogen) atoms. The molecule has 1 fully saturated rings. The van der Waals surface area contributed by atoms with Crippen molar-refractivity contribution >= 4 is 23.3 Å². The fourth-order valence-electron chi connectivity index (χ4n) is 4.21. The first-order chi connectivity index (χ1) is 15.6. The fraction of sp³-hybridized carbons (Fsp3) is 0.417. The van der Waals surface area contributed by atoms with E-state index in [1.165, 1.54) is 4.88 Å². The molecule has 1 atom stereocenters. The Bertz CT molecular complexity index is 937. The zero-order valence-corrected chi connectivity index (χ0v) is 19.2.